The second kappa shape index (κ2) is 5.02. The van der Waals surface area contributed by atoms with Gasteiger partial charge in [0.25, 0.3) is 11.8 Å². The third-order valence-electron chi connectivity index (χ3n) is 4.06. The van der Waals surface area contributed by atoms with Gasteiger partial charge in [0.05, 0.1) is 28.9 Å². The summed E-state index contributed by atoms with van der Waals surface area (Å²) in [6.07, 6.45) is 0. The Labute approximate surface area is 136 Å². The van der Waals surface area contributed by atoms with Gasteiger partial charge >= 0.3 is 6.03 Å². The number of para-hydroxylation sites is 1. The monoisotopic (exact) mass is 320 g/mol. The Hall–Kier alpha value is -3.48. The Morgan fingerprint density at radius 2 is 1.54 bits per heavy atom. The van der Waals surface area contributed by atoms with Crippen LogP contribution in [-0.2, 0) is 6.54 Å². The second-order valence-electron chi connectivity index (χ2n) is 5.46. The molecule has 118 valence electrons. The van der Waals surface area contributed by atoms with E-state index in [9.17, 15) is 14.4 Å². The molecule has 0 fully saturated rings. The van der Waals surface area contributed by atoms with Crippen molar-refractivity contribution >= 4 is 28.7 Å². The van der Waals surface area contributed by atoms with Crippen molar-refractivity contribution in [3.8, 4) is 0 Å². The maximum atomic E-state index is 12.5. The van der Waals surface area contributed by atoms with E-state index in [0.717, 1.165) is 9.58 Å². The van der Waals surface area contributed by atoms with E-state index in [1.807, 2.05) is 0 Å². The van der Waals surface area contributed by atoms with Crippen LogP contribution in [0.4, 0.5) is 4.79 Å². The summed E-state index contributed by atoms with van der Waals surface area (Å²) in [6, 6.07) is 13.0. The molecule has 1 aliphatic heterocycles. The second-order valence-corrected chi connectivity index (χ2v) is 5.46. The number of benzene rings is 2. The molecular weight excluding hydrogens is 308 g/mol. The van der Waals surface area contributed by atoms with Crippen LogP contribution in [0.1, 0.15) is 26.4 Å². The van der Waals surface area contributed by atoms with Crippen LogP contribution in [0.25, 0.3) is 10.9 Å². The molecule has 1 aliphatic rings. The maximum Gasteiger partial charge on any atom is 0.340 e. The minimum atomic E-state index is -0.722. The summed E-state index contributed by atoms with van der Waals surface area (Å²) in [6.45, 7) is -0.0207. The summed E-state index contributed by atoms with van der Waals surface area (Å²) in [4.78, 5) is 37.6. The topological polar surface area (TPSA) is 98.3 Å². The molecule has 0 saturated heterocycles. The van der Waals surface area contributed by atoms with Crippen molar-refractivity contribution in [2.75, 3.05) is 0 Å². The fourth-order valence-corrected chi connectivity index (χ4v) is 2.95. The molecule has 0 saturated carbocycles. The van der Waals surface area contributed by atoms with Crippen molar-refractivity contribution in [3.63, 3.8) is 0 Å². The van der Waals surface area contributed by atoms with Crippen molar-refractivity contribution in [3.05, 3.63) is 65.4 Å². The number of rotatable bonds is 2. The normalized spacial score (nSPS) is 13.6. The Bertz CT molecular complexity index is 987. The number of primary amides is 1. The third-order valence-corrected chi connectivity index (χ3v) is 4.06. The lowest BCUT2D eigenvalue weighted by Gasteiger charge is -2.12. The first-order valence-electron chi connectivity index (χ1n) is 7.29. The summed E-state index contributed by atoms with van der Waals surface area (Å²) < 4.78 is 1.07. The molecule has 0 atom stereocenters. The molecule has 0 unspecified atom stereocenters. The van der Waals surface area contributed by atoms with Crippen LogP contribution in [-0.4, -0.2) is 32.5 Å². The number of carbonyl (C=O) groups is 3. The van der Waals surface area contributed by atoms with Gasteiger partial charge in [-0.15, -0.1) is 0 Å². The molecule has 0 spiro atoms. The molecule has 3 aromatic rings. The van der Waals surface area contributed by atoms with E-state index in [1.165, 1.54) is 0 Å². The Morgan fingerprint density at radius 3 is 2.17 bits per heavy atom. The zero-order valence-electron chi connectivity index (χ0n) is 12.5. The SMILES string of the molecule is NC(=O)n1nc(CN2C(=O)c3ccccc3C2=O)c2ccccc21. The van der Waals surface area contributed by atoms with Gasteiger partial charge in [-0.2, -0.15) is 9.78 Å². The number of fused-ring (bicyclic) bond motifs is 2. The molecule has 0 bridgehead atoms. The lowest BCUT2D eigenvalue weighted by molar-refractivity contribution is 0.0641. The summed E-state index contributed by atoms with van der Waals surface area (Å²) in [5, 5.41) is 4.85. The number of amides is 3. The van der Waals surface area contributed by atoms with Crippen LogP contribution in [0.3, 0.4) is 0 Å². The summed E-state index contributed by atoms with van der Waals surface area (Å²) in [7, 11) is 0. The highest BCUT2D eigenvalue weighted by molar-refractivity contribution is 6.21. The number of carbonyl (C=O) groups excluding carboxylic acids is 3. The largest absolute Gasteiger partial charge is 0.350 e. The van der Waals surface area contributed by atoms with E-state index in [4.69, 9.17) is 5.73 Å². The van der Waals surface area contributed by atoms with Crippen LogP contribution in [0, 0.1) is 0 Å². The van der Waals surface area contributed by atoms with Crippen LogP contribution in [0.5, 0.6) is 0 Å². The molecule has 24 heavy (non-hydrogen) atoms. The molecule has 4 rings (SSSR count). The highest BCUT2D eigenvalue weighted by Crippen LogP contribution is 2.26. The summed E-state index contributed by atoms with van der Waals surface area (Å²) >= 11 is 0. The predicted molar refractivity (Wildman–Crippen MR) is 85.4 cm³/mol. The van der Waals surface area contributed by atoms with Crippen LogP contribution in [0.2, 0.25) is 0 Å². The molecule has 1 aromatic heterocycles. The van der Waals surface area contributed by atoms with E-state index < -0.39 is 6.03 Å². The first kappa shape index (κ1) is 14.1. The molecule has 2 aromatic carbocycles. The van der Waals surface area contributed by atoms with E-state index in [1.54, 1.807) is 48.5 Å². The Balaban J connectivity index is 1.78. The molecule has 3 amide bonds. The fourth-order valence-electron chi connectivity index (χ4n) is 2.95. The average molecular weight is 320 g/mol. The highest BCUT2D eigenvalue weighted by atomic mass is 16.2. The van der Waals surface area contributed by atoms with E-state index in [0.29, 0.717) is 27.7 Å². The third kappa shape index (κ3) is 1.91. The molecule has 7 nitrogen and oxygen atoms in total. The van der Waals surface area contributed by atoms with Crippen molar-refractivity contribution in [2.45, 2.75) is 6.54 Å². The quantitative estimate of drug-likeness (QED) is 0.727. The van der Waals surface area contributed by atoms with Crippen LogP contribution < -0.4 is 5.73 Å². The van der Waals surface area contributed by atoms with Gasteiger partial charge in [-0.25, -0.2) is 4.79 Å². The van der Waals surface area contributed by atoms with Crippen molar-refractivity contribution in [1.29, 1.82) is 0 Å². The number of nitrogens with zero attached hydrogens (tertiary/aromatic N) is 3. The Morgan fingerprint density at radius 1 is 0.958 bits per heavy atom. The zero-order chi connectivity index (χ0) is 16.8. The first-order valence-corrected chi connectivity index (χ1v) is 7.29. The number of nitrogens with two attached hydrogens (primary N) is 1. The average Bonchev–Trinajstić information content (AvgIpc) is 3.07. The summed E-state index contributed by atoms with van der Waals surface area (Å²) in [5.41, 5.74) is 7.07. The highest BCUT2D eigenvalue weighted by Gasteiger charge is 2.35. The molecule has 2 N–H and O–H groups in total. The van der Waals surface area contributed by atoms with E-state index >= 15 is 0 Å². The minimum absolute atomic E-state index is 0.0207. The first-order chi connectivity index (χ1) is 11.6. The van der Waals surface area contributed by atoms with E-state index in [-0.39, 0.29) is 18.4 Å². The smallest absolute Gasteiger partial charge is 0.340 e. The van der Waals surface area contributed by atoms with Crippen LogP contribution in [0.15, 0.2) is 48.5 Å². The van der Waals surface area contributed by atoms with Gasteiger partial charge in [0.2, 0.25) is 0 Å². The van der Waals surface area contributed by atoms with Crippen molar-refractivity contribution in [1.82, 2.24) is 14.7 Å². The minimum Gasteiger partial charge on any atom is -0.350 e. The van der Waals surface area contributed by atoms with Crippen molar-refractivity contribution < 1.29 is 14.4 Å². The van der Waals surface area contributed by atoms with Gasteiger partial charge in [-0.3, -0.25) is 14.5 Å². The van der Waals surface area contributed by atoms with Crippen molar-refractivity contribution in [2.24, 2.45) is 5.73 Å². The van der Waals surface area contributed by atoms with Gasteiger partial charge in [0, 0.05) is 5.39 Å². The molecular formula is C17H12N4O3. The van der Waals surface area contributed by atoms with Gasteiger partial charge in [0.1, 0.15) is 0 Å². The molecule has 0 radical (unpaired) electrons. The predicted octanol–water partition coefficient (Wildman–Crippen LogP) is 1.76. The lowest BCUT2D eigenvalue weighted by atomic mass is 10.1. The number of imide groups is 1. The molecule has 0 aliphatic carbocycles. The fraction of sp³-hybridized carbons (Fsp3) is 0.0588. The zero-order valence-corrected chi connectivity index (χ0v) is 12.5. The lowest BCUT2D eigenvalue weighted by Crippen LogP contribution is -2.29. The Kier molecular flexibility index (Phi) is 2.96. The van der Waals surface area contributed by atoms with Gasteiger partial charge < -0.3 is 5.73 Å². The van der Waals surface area contributed by atoms with Gasteiger partial charge in [-0.05, 0) is 18.2 Å². The van der Waals surface area contributed by atoms with Gasteiger partial charge in [-0.1, -0.05) is 30.3 Å². The number of aromatic nitrogens is 2. The maximum absolute atomic E-state index is 12.5. The van der Waals surface area contributed by atoms with Crippen LogP contribution >= 0.6 is 0 Å². The number of hydrogen-bond donors (Lipinski definition) is 1. The summed E-state index contributed by atoms with van der Waals surface area (Å²) in [5.74, 6) is -0.735. The molecule has 7 heteroatoms. The standard InChI is InChI=1S/C17H12N4O3/c18-17(24)21-14-8-4-3-7-12(14)13(19-21)9-20-15(22)10-5-1-2-6-11(10)16(20)23/h1-8H,9H2,(H2,18,24). The van der Waals surface area contributed by atoms with Gasteiger partial charge in [0.15, 0.2) is 0 Å². The number of hydrogen-bond acceptors (Lipinski definition) is 4. The molecule has 2 heterocycles. The van der Waals surface area contributed by atoms with E-state index in [2.05, 4.69) is 5.10 Å².